The van der Waals surface area contributed by atoms with Crippen LogP contribution in [0.4, 0.5) is 5.82 Å². The van der Waals surface area contributed by atoms with E-state index in [0.29, 0.717) is 11.7 Å². The van der Waals surface area contributed by atoms with E-state index in [1.807, 2.05) is 0 Å². The monoisotopic (exact) mass is 341 g/mol. The van der Waals surface area contributed by atoms with Crippen LogP contribution in [0, 0.1) is 5.92 Å². The van der Waals surface area contributed by atoms with E-state index in [-0.39, 0.29) is 0 Å². The third kappa shape index (κ3) is 4.56. The van der Waals surface area contributed by atoms with Gasteiger partial charge in [0.15, 0.2) is 15.7 Å². The molecule has 1 saturated carbocycles. The first-order valence-electron chi connectivity index (χ1n) is 8.38. The van der Waals surface area contributed by atoms with Crippen molar-refractivity contribution in [3.05, 3.63) is 11.8 Å². The Morgan fingerprint density at radius 3 is 2.57 bits per heavy atom. The van der Waals surface area contributed by atoms with Crippen molar-refractivity contribution in [1.29, 1.82) is 0 Å². The first-order valence-corrected chi connectivity index (χ1v) is 9.99. The topological polar surface area (TPSA) is 91.9 Å². The smallest absolute Gasteiger partial charge is 0.243 e. The standard InChI is InChI=1S/C16H27N3O3S/c1-11(2)23(21,22)12(3)16(20)17-15-10-14(18-19-15)9-13-7-5-4-6-8-13/h10-13H,4-9H2,1-3H3,(H2,17,18,19,20)/t12-/m1/s1. The lowest BCUT2D eigenvalue weighted by Crippen LogP contribution is -2.36. The maximum Gasteiger partial charge on any atom is 0.243 e. The van der Waals surface area contributed by atoms with Crippen LogP contribution in [0.25, 0.3) is 0 Å². The molecule has 7 heteroatoms. The fourth-order valence-corrected chi connectivity index (χ4v) is 4.19. The molecule has 6 nitrogen and oxygen atoms in total. The minimum absolute atomic E-state index is 0.395. The molecule has 0 aromatic carbocycles. The van der Waals surface area contributed by atoms with Crippen LogP contribution in [0.1, 0.15) is 58.6 Å². The minimum atomic E-state index is -3.46. The van der Waals surface area contributed by atoms with Crippen molar-refractivity contribution in [2.45, 2.75) is 69.8 Å². The average Bonchev–Trinajstić information content (AvgIpc) is 2.94. The number of nitrogens with zero attached hydrogens (tertiary/aromatic N) is 1. The number of rotatable bonds is 6. The largest absolute Gasteiger partial charge is 0.308 e. The highest BCUT2D eigenvalue weighted by Crippen LogP contribution is 2.26. The number of carbonyl (C=O) groups is 1. The van der Waals surface area contributed by atoms with Crippen LogP contribution >= 0.6 is 0 Å². The number of hydrogen-bond donors (Lipinski definition) is 2. The van der Waals surface area contributed by atoms with Crippen molar-refractivity contribution in [3.8, 4) is 0 Å². The zero-order valence-corrected chi connectivity index (χ0v) is 14.9. The van der Waals surface area contributed by atoms with Crippen LogP contribution in [0.5, 0.6) is 0 Å². The summed E-state index contributed by atoms with van der Waals surface area (Å²) in [5, 5.41) is 7.96. The van der Waals surface area contributed by atoms with Gasteiger partial charge in [0.2, 0.25) is 5.91 Å². The lowest BCUT2D eigenvalue weighted by atomic mass is 9.86. The number of hydrogen-bond acceptors (Lipinski definition) is 4. The summed E-state index contributed by atoms with van der Waals surface area (Å²) in [7, 11) is -3.46. The highest BCUT2D eigenvalue weighted by molar-refractivity contribution is 7.93. The zero-order valence-electron chi connectivity index (χ0n) is 14.1. The Morgan fingerprint density at radius 1 is 1.30 bits per heavy atom. The van der Waals surface area contributed by atoms with E-state index < -0.39 is 26.2 Å². The van der Waals surface area contributed by atoms with Gasteiger partial charge >= 0.3 is 0 Å². The Balaban J connectivity index is 1.94. The quantitative estimate of drug-likeness (QED) is 0.832. The zero-order chi connectivity index (χ0) is 17.0. The summed E-state index contributed by atoms with van der Waals surface area (Å²) in [5.41, 5.74) is 0.992. The summed E-state index contributed by atoms with van der Waals surface area (Å²) in [4.78, 5) is 12.1. The van der Waals surface area contributed by atoms with E-state index in [4.69, 9.17) is 0 Å². The Labute approximate surface area is 138 Å². The molecule has 1 amide bonds. The number of amides is 1. The van der Waals surface area contributed by atoms with Crippen molar-refractivity contribution >= 4 is 21.6 Å². The molecule has 1 aliphatic carbocycles. The van der Waals surface area contributed by atoms with Gasteiger partial charge in [0.1, 0.15) is 5.25 Å². The second kappa shape index (κ2) is 7.47. The summed E-state index contributed by atoms with van der Waals surface area (Å²) in [5.74, 6) is 0.536. The van der Waals surface area contributed by atoms with Gasteiger partial charge in [0.25, 0.3) is 0 Å². The summed E-state index contributed by atoms with van der Waals surface area (Å²) < 4.78 is 24.1. The molecule has 1 aromatic rings. The Hall–Kier alpha value is -1.37. The molecule has 23 heavy (non-hydrogen) atoms. The summed E-state index contributed by atoms with van der Waals surface area (Å²) in [6.45, 7) is 4.58. The Bertz CT molecular complexity index is 631. The van der Waals surface area contributed by atoms with E-state index in [9.17, 15) is 13.2 Å². The number of anilines is 1. The molecule has 1 aliphatic rings. The lowest BCUT2D eigenvalue weighted by Gasteiger charge is -2.20. The first-order chi connectivity index (χ1) is 10.8. The third-order valence-electron chi connectivity index (χ3n) is 4.63. The number of sulfone groups is 1. The molecule has 0 radical (unpaired) electrons. The average molecular weight is 341 g/mol. The van der Waals surface area contributed by atoms with Crippen molar-refractivity contribution < 1.29 is 13.2 Å². The van der Waals surface area contributed by atoms with Crippen LogP contribution in [-0.2, 0) is 21.1 Å². The molecule has 0 bridgehead atoms. The molecule has 0 spiro atoms. The SMILES string of the molecule is CC(C)S(=O)(=O)[C@H](C)C(=O)Nc1cc(CC2CCCCC2)[nH]n1. The van der Waals surface area contributed by atoms with Gasteiger partial charge < -0.3 is 5.32 Å². The van der Waals surface area contributed by atoms with Gasteiger partial charge in [0, 0.05) is 11.8 Å². The van der Waals surface area contributed by atoms with E-state index in [0.717, 1.165) is 12.1 Å². The second-order valence-corrected chi connectivity index (χ2v) is 9.58. The predicted octanol–water partition coefficient (Wildman–Crippen LogP) is 2.68. The van der Waals surface area contributed by atoms with Gasteiger partial charge in [0.05, 0.1) is 5.25 Å². The number of aromatic amines is 1. The van der Waals surface area contributed by atoms with Crippen molar-refractivity contribution in [2.24, 2.45) is 5.92 Å². The fraction of sp³-hybridized carbons (Fsp3) is 0.750. The van der Waals surface area contributed by atoms with Crippen molar-refractivity contribution in [1.82, 2.24) is 10.2 Å². The van der Waals surface area contributed by atoms with Crippen LogP contribution in [0.15, 0.2) is 6.07 Å². The number of nitrogens with one attached hydrogen (secondary N) is 2. The maximum absolute atomic E-state index is 12.1. The van der Waals surface area contributed by atoms with Gasteiger partial charge in [-0.15, -0.1) is 0 Å². The molecule has 0 unspecified atom stereocenters. The highest BCUT2D eigenvalue weighted by Gasteiger charge is 2.31. The summed E-state index contributed by atoms with van der Waals surface area (Å²) in [6, 6.07) is 1.81. The van der Waals surface area contributed by atoms with Crippen molar-refractivity contribution in [2.75, 3.05) is 5.32 Å². The van der Waals surface area contributed by atoms with E-state index in [1.54, 1.807) is 19.9 Å². The molecular formula is C16H27N3O3S. The van der Waals surface area contributed by atoms with Crippen LogP contribution in [0.3, 0.4) is 0 Å². The molecule has 1 heterocycles. The van der Waals surface area contributed by atoms with Gasteiger partial charge in [-0.1, -0.05) is 32.1 Å². The van der Waals surface area contributed by atoms with Crippen molar-refractivity contribution in [3.63, 3.8) is 0 Å². The maximum atomic E-state index is 12.1. The molecule has 2 rings (SSSR count). The molecule has 1 atom stereocenters. The molecule has 2 N–H and O–H groups in total. The number of carbonyl (C=O) groups excluding carboxylic acids is 1. The summed E-state index contributed by atoms with van der Waals surface area (Å²) >= 11 is 0. The molecule has 0 saturated heterocycles. The molecule has 0 aliphatic heterocycles. The van der Waals surface area contributed by atoms with E-state index >= 15 is 0 Å². The van der Waals surface area contributed by atoms with E-state index in [1.165, 1.54) is 39.0 Å². The van der Waals surface area contributed by atoms with E-state index in [2.05, 4.69) is 15.5 Å². The lowest BCUT2D eigenvalue weighted by molar-refractivity contribution is -0.115. The normalized spacial score (nSPS) is 18.1. The fourth-order valence-electron chi connectivity index (χ4n) is 3.02. The van der Waals surface area contributed by atoms with Gasteiger partial charge in [-0.3, -0.25) is 9.89 Å². The molecule has 130 valence electrons. The minimum Gasteiger partial charge on any atom is -0.308 e. The molecular weight excluding hydrogens is 314 g/mol. The Kier molecular flexibility index (Phi) is 5.84. The molecule has 1 fully saturated rings. The van der Waals surface area contributed by atoms with Crippen LogP contribution < -0.4 is 5.32 Å². The Morgan fingerprint density at radius 2 is 1.96 bits per heavy atom. The second-order valence-electron chi connectivity index (χ2n) is 6.76. The van der Waals surface area contributed by atoms with Gasteiger partial charge in [-0.2, -0.15) is 5.10 Å². The number of H-pyrrole nitrogens is 1. The van der Waals surface area contributed by atoms with Gasteiger partial charge in [-0.25, -0.2) is 8.42 Å². The van der Waals surface area contributed by atoms with Crippen LogP contribution in [0.2, 0.25) is 0 Å². The molecule has 1 aromatic heterocycles. The highest BCUT2D eigenvalue weighted by atomic mass is 32.2. The van der Waals surface area contributed by atoms with Gasteiger partial charge in [-0.05, 0) is 33.1 Å². The third-order valence-corrected chi connectivity index (χ3v) is 7.15. The van der Waals surface area contributed by atoms with Crippen LogP contribution in [-0.4, -0.2) is 35.0 Å². The predicted molar refractivity (Wildman–Crippen MR) is 91.0 cm³/mol. The summed E-state index contributed by atoms with van der Waals surface area (Å²) in [6.07, 6.45) is 7.31. The number of aromatic nitrogens is 2. The first kappa shape index (κ1) is 18.0.